The molecule has 0 aliphatic carbocycles. The first-order valence-corrected chi connectivity index (χ1v) is 13.8. The maximum absolute atomic E-state index is 13.7. The van der Waals surface area contributed by atoms with Gasteiger partial charge in [-0.3, -0.25) is 9.36 Å². The Hall–Kier alpha value is -3.21. The normalized spacial score (nSPS) is 15.5. The van der Waals surface area contributed by atoms with E-state index in [1.54, 1.807) is 38.1 Å². The second kappa shape index (κ2) is 10.6. The number of hydrogen-bond donors (Lipinski definition) is 0. The number of aromatic nitrogens is 1. The molecule has 1 atom stereocenters. The summed E-state index contributed by atoms with van der Waals surface area (Å²) in [6.45, 7) is 3.59. The molecule has 0 spiro atoms. The molecule has 2 aromatic carbocycles. The number of halogens is 2. The zero-order chi connectivity index (χ0) is 26.1. The van der Waals surface area contributed by atoms with Crippen LogP contribution in [0.25, 0.3) is 6.08 Å². The monoisotopic (exact) mass is 598 g/mol. The van der Waals surface area contributed by atoms with Gasteiger partial charge in [-0.15, -0.1) is 0 Å². The molecular weight excluding hydrogens is 579 g/mol. The number of nitrogens with zero attached hydrogens (tertiary/aromatic N) is 2. The molecule has 4 aromatic rings. The molecular formula is C27H20BrFN2O4S2. The second-order valence-corrected chi connectivity index (χ2v) is 11.0. The van der Waals surface area contributed by atoms with Crippen molar-refractivity contribution in [2.24, 2.45) is 4.99 Å². The van der Waals surface area contributed by atoms with Gasteiger partial charge in [-0.1, -0.05) is 53.4 Å². The van der Waals surface area contributed by atoms with E-state index in [-0.39, 0.29) is 17.7 Å². The van der Waals surface area contributed by atoms with Gasteiger partial charge in [0.2, 0.25) is 0 Å². The fraction of sp³-hybridized carbons (Fsp3) is 0.148. The number of carbonyl (C=O) groups excluding carboxylic acids is 1. The summed E-state index contributed by atoms with van der Waals surface area (Å²) in [5.41, 5.74) is 0.934. The Labute approximate surface area is 227 Å². The van der Waals surface area contributed by atoms with E-state index in [1.807, 2.05) is 30.3 Å². The molecule has 0 radical (unpaired) electrons. The van der Waals surface area contributed by atoms with Crippen molar-refractivity contribution in [3.8, 4) is 0 Å². The third kappa shape index (κ3) is 5.14. The van der Waals surface area contributed by atoms with Crippen molar-refractivity contribution in [1.29, 1.82) is 0 Å². The lowest BCUT2D eigenvalue weighted by Crippen LogP contribution is -2.39. The highest BCUT2D eigenvalue weighted by Gasteiger charge is 2.33. The largest absolute Gasteiger partial charge is 0.463 e. The maximum atomic E-state index is 13.7. The lowest BCUT2D eigenvalue weighted by molar-refractivity contribution is -0.139. The van der Waals surface area contributed by atoms with Crippen molar-refractivity contribution in [1.82, 2.24) is 4.57 Å². The Bertz CT molecular complexity index is 1690. The molecule has 0 amide bonds. The van der Waals surface area contributed by atoms with Crippen LogP contribution in [0, 0.1) is 5.82 Å². The standard InChI is InChI=1S/C27H20BrFN2O4S2/c1-3-34-25(33)22-15(2)30-27-31(23(22)16-9-11-17(29)12-10-16)24(32)21(37-27)14-18-13-20(28)26(35-18)36-19-7-5-4-6-8-19/h4-14,23H,3H2,1-2H3/b21-14+/t23-/m1/s1. The predicted molar refractivity (Wildman–Crippen MR) is 144 cm³/mol. The zero-order valence-electron chi connectivity index (χ0n) is 19.7. The Morgan fingerprint density at radius 1 is 1.24 bits per heavy atom. The van der Waals surface area contributed by atoms with E-state index < -0.39 is 17.8 Å². The average molecular weight is 600 g/mol. The highest BCUT2D eigenvalue weighted by molar-refractivity contribution is 9.10. The van der Waals surface area contributed by atoms with E-state index in [4.69, 9.17) is 9.15 Å². The van der Waals surface area contributed by atoms with Gasteiger partial charge in [0, 0.05) is 11.0 Å². The minimum Gasteiger partial charge on any atom is -0.463 e. The smallest absolute Gasteiger partial charge is 0.338 e. The first-order chi connectivity index (χ1) is 17.9. The summed E-state index contributed by atoms with van der Waals surface area (Å²) in [6, 6.07) is 16.5. The van der Waals surface area contributed by atoms with E-state index in [2.05, 4.69) is 20.9 Å². The minimum absolute atomic E-state index is 0.173. The summed E-state index contributed by atoms with van der Waals surface area (Å²) in [7, 11) is 0. The van der Waals surface area contributed by atoms with Gasteiger partial charge in [0.1, 0.15) is 11.6 Å². The highest BCUT2D eigenvalue weighted by Crippen LogP contribution is 2.36. The molecule has 3 heterocycles. The molecule has 1 aliphatic rings. The Morgan fingerprint density at radius 3 is 2.68 bits per heavy atom. The summed E-state index contributed by atoms with van der Waals surface area (Å²) in [5.74, 6) is -0.484. The third-order valence-electron chi connectivity index (χ3n) is 5.60. The molecule has 0 saturated carbocycles. The topological polar surface area (TPSA) is 73.8 Å². The number of fused-ring (bicyclic) bond motifs is 1. The quantitative estimate of drug-likeness (QED) is 0.276. The van der Waals surface area contributed by atoms with Crippen LogP contribution in [0.4, 0.5) is 4.39 Å². The summed E-state index contributed by atoms with van der Waals surface area (Å²) in [5, 5.41) is 0.662. The van der Waals surface area contributed by atoms with Gasteiger partial charge >= 0.3 is 5.97 Å². The first-order valence-electron chi connectivity index (χ1n) is 11.3. The molecule has 0 bridgehead atoms. The van der Waals surface area contributed by atoms with Gasteiger partial charge in [-0.25, -0.2) is 14.2 Å². The minimum atomic E-state index is -0.800. The number of hydrogen-bond acceptors (Lipinski definition) is 7. The van der Waals surface area contributed by atoms with Crippen LogP contribution in [0.2, 0.25) is 0 Å². The van der Waals surface area contributed by atoms with Crippen molar-refractivity contribution in [3.05, 3.63) is 113 Å². The van der Waals surface area contributed by atoms with E-state index in [9.17, 15) is 14.0 Å². The van der Waals surface area contributed by atoms with Crippen molar-refractivity contribution in [3.63, 3.8) is 0 Å². The summed E-state index contributed by atoms with van der Waals surface area (Å²) in [6.07, 6.45) is 1.66. The first kappa shape index (κ1) is 25.4. The van der Waals surface area contributed by atoms with E-state index in [0.29, 0.717) is 31.4 Å². The van der Waals surface area contributed by atoms with Crippen LogP contribution in [0.15, 0.2) is 101 Å². The Kier molecular flexibility index (Phi) is 7.32. The molecule has 1 aliphatic heterocycles. The number of esters is 1. The van der Waals surface area contributed by atoms with Gasteiger partial charge in [-0.05, 0) is 65.7 Å². The van der Waals surface area contributed by atoms with Crippen LogP contribution < -0.4 is 14.9 Å². The fourth-order valence-electron chi connectivity index (χ4n) is 3.99. The van der Waals surface area contributed by atoms with Crippen molar-refractivity contribution >= 4 is 51.1 Å². The van der Waals surface area contributed by atoms with Gasteiger partial charge in [0.25, 0.3) is 5.56 Å². The van der Waals surface area contributed by atoms with Gasteiger partial charge in [0.05, 0.1) is 32.9 Å². The molecule has 2 aromatic heterocycles. The molecule has 37 heavy (non-hydrogen) atoms. The lowest BCUT2D eigenvalue weighted by Gasteiger charge is -2.24. The SMILES string of the molecule is CCOC(=O)C1=C(C)N=c2s/c(=C/c3cc(Br)c(Sc4ccccc4)o3)c(=O)n2[C@@H]1c1ccc(F)cc1. The Balaban J connectivity index is 1.61. The van der Waals surface area contributed by atoms with Crippen LogP contribution in [0.3, 0.4) is 0 Å². The molecule has 10 heteroatoms. The number of thiazole rings is 1. The second-order valence-electron chi connectivity index (χ2n) is 8.05. The summed E-state index contributed by atoms with van der Waals surface area (Å²) < 4.78 is 27.6. The average Bonchev–Trinajstić information content (AvgIpc) is 3.37. The van der Waals surface area contributed by atoms with Crippen LogP contribution >= 0.6 is 39.0 Å². The molecule has 5 rings (SSSR count). The zero-order valence-corrected chi connectivity index (χ0v) is 23.0. The number of carbonyl (C=O) groups is 1. The molecule has 188 valence electrons. The van der Waals surface area contributed by atoms with Crippen LogP contribution in [0.5, 0.6) is 0 Å². The molecule has 6 nitrogen and oxygen atoms in total. The maximum Gasteiger partial charge on any atom is 0.338 e. The molecule has 0 fully saturated rings. The number of ether oxygens (including phenoxy) is 1. The number of benzene rings is 2. The van der Waals surface area contributed by atoms with Crippen LogP contribution in [-0.4, -0.2) is 17.1 Å². The predicted octanol–water partition coefficient (Wildman–Crippen LogP) is 5.44. The highest BCUT2D eigenvalue weighted by atomic mass is 79.9. The lowest BCUT2D eigenvalue weighted by atomic mass is 9.96. The van der Waals surface area contributed by atoms with Gasteiger partial charge in [0.15, 0.2) is 9.89 Å². The Morgan fingerprint density at radius 2 is 1.97 bits per heavy atom. The number of allylic oxidation sites excluding steroid dienone is 1. The van der Waals surface area contributed by atoms with Gasteiger partial charge in [-0.2, -0.15) is 0 Å². The summed E-state index contributed by atoms with van der Waals surface area (Å²) in [4.78, 5) is 32.6. The van der Waals surface area contributed by atoms with E-state index >= 15 is 0 Å². The van der Waals surface area contributed by atoms with Crippen molar-refractivity contribution < 1.29 is 18.3 Å². The molecule has 0 N–H and O–H groups in total. The van der Waals surface area contributed by atoms with Crippen molar-refractivity contribution in [2.45, 2.75) is 29.9 Å². The van der Waals surface area contributed by atoms with Gasteiger partial charge < -0.3 is 9.15 Å². The summed E-state index contributed by atoms with van der Waals surface area (Å²) >= 11 is 6.19. The molecule has 0 unspecified atom stereocenters. The number of furan rings is 1. The van der Waals surface area contributed by atoms with E-state index in [0.717, 1.165) is 9.37 Å². The van der Waals surface area contributed by atoms with Crippen molar-refractivity contribution in [2.75, 3.05) is 6.61 Å². The van der Waals surface area contributed by atoms with E-state index in [1.165, 1.54) is 39.8 Å². The third-order valence-corrected chi connectivity index (χ3v) is 8.44. The van der Waals surface area contributed by atoms with Crippen LogP contribution in [-0.2, 0) is 9.53 Å². The number of rotatable bonds is 6. The fourth-order valence-corrected chi connectivity index (χ4v) is 6.36. The van der Waals surface area contributed by atoms with Crippen LogP contribution in [0.1, 0.15) is 31.2 Å². The molecule has 0 saturated heterocycles.